The summed E-state index contributed by atoms with van der Waals surface area (Å²) in [6.07, 6.45) is 43.1. The van der Waals surface area contributed by atoms with E-state index in [4.69, 9.17) is 24.0 Å². The fourth-order valence-corrected chi connectivity index (χ4v) is 6.64. The Labute approximate surface area is 323 Å². The van der Waals surface area contributed by atoms with Crippen LogP contribution in [-0.2, 0) is 32.9 Å². The van der Waals surface area contributed by atoms with Gasteiger partial charge in [0, 0.05) is 12.8 Å². The van der Waals surface area contributed by atoms with Crippen LogP contribution >= 0.6 is 7.82 Å². The number of unbranched alkanes of at least 4 members (excludes halogenated alkanes) is 19. The Morgan fingerprint density at radius 1 is 0.604 bits per heavy atom. The summed E-state index contributed by atoms with van der Waals surface area (Å²) in [5.41, 5.74) is 0. The minimum Gasteiger partial charge on any atom is -0.462 e. The summed E-state index contributed by atoms with van der Waals surface area (Å²) < 4.78 is 32.1. The van der Waals surface area contributed by atoms with Gasteiger partial charge in [-0.3, -0.25) is 14.1 Å². The Kier molecular flexibility index (Phi) is 32.2. The second kappa shape index (κ2) is 34.7. The molecule has 1 heterocycles. The molecule has 2 N–H and O–H groups in total. The summed E-state index contributed by atoms with van der Waals surface area (Å²) >= 11 is 0. The molecule has 0 aromatic rings. The Hall–Kier alpha value is -1.77. The number of hydrogen-bond acceptors (Lipinski definition) is 7. The molecule has 3 atom stereocenters. The number of carbonyl (C=O) groups is 2. The zero-order valence-corrected chi connectivity index (χ0v) is 34.5. The van der Waals surface area contributed by atoms with Gasteiger partial charge < -0.3 is 24.0 Å². The van der Waals surface area contributed by atoms with Gasteiger partial charge in [0.1, 0.15) is 6.61 Å². The number of esters is 2. The maximum atomic E-state index is 12.4. The average molecular weight is 769 g/mol. The SMILES string of the molecule is CCCCC/C=C\C/C=C\C/C=C\CC1OC1CCCC(=O)OC[C@H](COP(=O)(O)O)OC(=O)CCCCCCCCCCCCCCCCCCC. The molecule has 1 rings (SSSR count). The minimum absolute atomic E-state index is 0.139. The van der Waals surface area contributed by atoms with E-state index in [1.165, 1.54) is 109 Å². The molecule has 53 heavy (non-hydrogen) atoms. The molecule has 0 radical (unpaired) electrons. The smallest absolute Gasteiger partial charge is 0.462 e. The number of hydrogen-bond donors (Lipinski definition) is 2. The number of epoxide rings is 1. The van der Waals surface area contributed by atoms with E-state index in [1.807, 2.05) is 0 Å². The van der Waals surface area contributed by atoms with E-state index in [0.717, 1.165) is 44.9 Å². The van der Waals surface area contributed by atoms with Crippen LogP contribution in [0.5, 0.6) is 0 Å². The van der Waals surface area contributed by atoms with Gasteiger partial charge in [0.25, 0.3) is 0 Å². The molecule has 10 heteroatoms. The Balaban J connectivity index is 2.10. The Morgan fingerprint density at radius 3 is 1.66 bits per heavy atom. The lowest BCUT2D eigenvalue weighted by Gasteiger charge is -2.18. The third kappa shape index (κ3) is 34.5. The molecular weight excluding hydrogens is 691 g/mol. The lowest BCUT2D eigenvalue weighted by molar-refractivity contribution is -0.161. The van der Waals surface area contributed by atoms with E-state index in [9.17, 15) is 14.2 Å². The van der Waals surface area contributed by atoms with Gasteiger partial charge in [-0.05, 0) is 51.4 Å². The molecule has 0 aromatic heterocycles. The Bertz CT molecular complexity index is 1020. The van der Waals surface area contributed by atoms with Crippen LogP contribution in [-0.4, -0.2) is 53.3 Å². The van der Waals surface area contributed by atoms with Crippen LogP contribution in [0.2, 0.25) is 0 Å². The quantitative estimate of drug-likeness (QED) is 0.0207. The van der Waals surface area contributed by atoms with Crippen molar-refractivity contribution >= 4 is 19.8 Å². The summed E-state index contributed by atoms with van der Waals surface area (Å²) in [6.45, 7) is 3.61. The summed E-state index contributed by atoms with van der Waals surface area (Å²) in [7, 11) is -4.77. The number of phosphoric acid groups is 1. The summed E-state index contributed by atoms with van der Waals surface area (Å²) in [5, 5.41) is 0. The highest BCUT2D eigenvalue weighted by molar-refractivity contribution is 7.46. The predicted octanol–water partition coefficient (Wildman–Crippen LogP) is 11.9. The van der Waals surface area contributed by atoms with Crippen LogP contribution in [0.4, 0.5) is 0 Å². The van der Waals surface area contributed by atoms with E-state index in [2.05, 4.69) is 54.8 Å². The molecule has 0 saturated carbocycles. The molecule has 9 nitrogen and oxygen atoms in total. The second-order valence-electron chi connectivity index (χ2n) is 14.7. The molecule has 0 aliphatic carbocycles. The lowest BCUT2D eigenvalue weighted by atomic mass is 10.0. The molecule has 1 aliphatic heterocycles. The van der Waals surface area contributed by atoms with E-state index in [0.29, 0.717) is 12.8 Å². The average Bonchev–Trinajstić information content (AvgIpc) is 3.88. The minimum atomic E-state index is -4.77. The first-order valence-electron chi connectivity index (χ1n) is 21.4. The Morgan fingerprint density at radius 2 is 1.09 bits per heavy atom. The van der Waals surface area contributed by atoms with Crippen molar-refractivity contribution < 1.29 is 42.7 Å². The fraction of sp³-hybridized carbons (Fsp3) is 0.814. The number of phosphoric ester groups is 1. The van der Waals surface area contributed by atoms with Crippen LogP contribution in [0.3, 0.4) is 0 Å². The van der Waals surface area contributed by atoms with E-state index in [-0.39, 0.29) is 31.7 Å². The third-order valence-corrected chi connectivity index (χ3v) is 10.1. The highest BCUT2D eigenvalue weighted by Crippen LogP contribution is 2.36. The van der Waals surface area contributed by atoms with Gasteiger partial charge in [-0.15, -0.1) is 0 Å². The second-order valence-corrected chi connectivity index (χ2v) is 15.9. The number of ether oxygens (including phenoxy) is 3. The largest absolute Gasteiger partial charge is 0.469 e. The van der Waals surface area contributed by atoms with E-state index < -0.39 is 32.5 Å². The zero-order valence-electron chi connectivity index (χ0n) is 33.6. The van der Waals surface area contributed by atoms with Crippen molar-refractivity contribution in [2.24, 2.45) is 0 Å². The number of carbonyl (C=O) groups excluding carboxylic acids is 2. The summed E-state index contributed by atoms with van der Waals surface area (Å²) in [6, 6.07) is 0. The molecule has 1 fully saturated rings. The molecule has 1 saturated heterocycles. The van der Waals surface area contributed by atoms with Crippen molar-refractivity contribution in [1.82, 2.24) is 0 Å². The summed E-state index contributed by atoms with van der Waals surface area (Å²) in [4.78, 5) is 43.0. The standard InChI is InChI=1S/C43H77O9P/c1-3-5-7-9-11-13-15-17-18-19-20-21-23-25-27-29-31-35-43(45)51-39(38-50-53(46,47)48)37-49-42(44)36-32-34-41-40(52-41)33-30-28-26-24-22-16-14-12-10-8-6-4-2/h12,14,22,24,28,30,39-41H,3-11,13,15-21,23,25-27,29,31-38H2,1-2H3,(H2,46,47,48)/b14-12-,24-22-,30-28-/t39-,40?,41?/m1/s1. The topological polar surface area (TPSA) is 132 Å². The first kappa shape index (κ1) is 49.2. The molecule has 0 aromatic carbocycles. The number of rotatable bonds is 38. The predicted molar refractivity (Wildman–Crippen MR) is 216 cm³/mol. The third-order valence-electron chi connectivity index (χ3n) is 9.59. The van der Waals surface area contributed by atoms with Crippen LogP contribution < -0.4 is 0 Å². The molecule has 0 bridgehead atoms. The van der Waals surface area contributed by atoms with Crippen molar-refractivity contribution in [3.05, 3.63) is 36.5 Å². The normalized spacial score (nSPS) is 16.6. The van der Waals surface area contributed by atoms with Crippen LogP contribution in [0.1, 0.15) is 194 Å². The lowest BCUT2D eigenvalue weighted by Crippen LogP contribution is -2.29. The van der Waals surface area contributed by atoms with Crippen molar-refractivity contribution in [3.8, 4) is 0 Å². The molecular formula is C43H77O9P. The van der Waals surface area contributed by atoms with Crippen molar-refractivity contribution in [3.63, 3.8) is 0 Å². The molecule has 2 unspecified atom stereocenters. The van der Waals surface area contributed by atoms with Gasteiger partial charge in [-0.2, -0.15) is 0 Å². The van der Waals surface area contributed by atoms with Gasteiger partial charge in [0.2, 0.25) is 0 Å². The van der Waals surface area contributed by atoms with Gasteiger partial charge >= 0.3 is 19.8 Å². The van der Waals surface area contributed by atoms with Crippen molar-refractivity contribution in [1.29, 1.82) is 0 Å². The zero-order chi connectivity index (χ0) is 38.7. The van der Waals surface area contributed by atoms with Crippen molar-refractivity contribution in [2.75, 3.05) is 13.2 Å². The number of allylic oxidation sites excluding steroid dienone is 5. The van der Waals surface area contributed by atoms with Gasteiger partial charge in [-0.25, -0.2) is 4.57 Å². The highest BCUT2D eigenvalue weighted by atomic mass is 31.2. The maximum absolute atomic E-state index is 12.4. The van der Waals surface area contributed by atoms with Gasteiger partial charge in [0.05, 0.1) is 18.8 Å². The first-order valence-corrected chi connectivity index (χ1v) is 22.9. The molecule has 308 valence electrons. The van der Waals surface area contributed by atoms with Crippen LogP contribution in [0.15, 0.2) is 36.5 Å². The van der Waals surface area contributed by atoms with Crippen LogP contribution in [0, 0.1) is 0 Å². The molecule has 1 aliphatic rings. The monoisotopic (exact) mass is 769 g/mol. The molecule has 0 spiro atoms. The van der Waals surface area contributed by atoms with Gasteiger partial charge in [-0.1, -0.05) is 166 Å². The fourth-order valence-electron chi connectivity index (χ4n) is 6.28. The summed E-state index contributed by atoms with van der Waals surface area (Å²) in [5.74, 6) is -0.955. The van der Waals surface area contributed by atoms with Crippen LogP contribution in [0.25, 0.3) is 0 Å². The van der Waals surface area contributed by atoms with E-state index in [1.54, 1.807) is 0 Å². The van der Waals surface area contributed by atoms with E-state index >= 15 is 0 Å². The first-order chi connectivity index (χ1) is 25.7. The van der Waals surface area contributed by atoms with Gasteiger partial charge in [0.15, 0.2) is 6.10 Å². The highest BCUT2D eigenvalue weighted by Gasteiger charge is 2.36. The molecule has 0 amide bonds. The van der Waals surface area contributed by atoms with Crippen molar-refractivity contribution in [2.45, 2.75) is 212 Å². The maximum Gasteiger partial charge on any atom is 0.469 e.